The Morgan fingerprint density at radius 2 is 1.79 bits per heavy atom. The monoisotopic (exact) mass is 353 g/mol. The van der Waals surface area contributed by atoms with Crippen LogP contribution in [0.25, 0.3) is 0 Å². The fourth-order valence-electron chi connectivity index (χ4n) is 2.59. The third kappa shape index (κ3) is 5.53. The first-order valence-corrected chi connectivity index (χ1v) is 9.06. The lowest BCUT2D eigenvalue weighted by atomic mass is 9.94. The fourth-order valence-corrected chi connectivity index (χ4v) is 3.10. The van der Waals surface area contributed by atoms with Gasteiger partial charge in [0, 0.05) is 18.1 Å². The molecule has 7 nitrogen and oxygen atoms in total. The zero-order valence-electron chi connectivity index (χ0n) is 13.0. The van der Waals surface area contributed by atoms with Crippen LogP contribution < -0.4 is 0 Å². The maximum Gasteiger partial charge on any atom is 0.448 e. The van der Waals surface area contributed by atoms with E-state index in [1.54, 1.807) is 18.2 Å². The molecular formula is C16H20NO6P. The van der Waals surface area contributed by atoms with Crippen molar-refractivity contribution < 1.29 is 29.7 Å². The Balaban J connectivity index is 2.01. The summed E-state index contributed by atoms with van der Waals surface area (Å²) in [6.07, 6.45) is 3.59. The van der Waals surface area contributed by atoms with Crippen molar-refractivity contribution in [3.63, 3.8) is 0 Å². The van der Waals surface area contributed by atoms with E-state index in [1.807, 2.05) is 6.07 Å². The maximum absolute atomic E-state index is 11.1. The van der Waals surface area contributed by atoms with E-state index in [0.717, 1.165) is 18.4 Å². The number of phenols is 1. The molecule has 0 saturated carbocycles. The van der Waals surface area contributed by atoms with Crippen LogP contribution in [-0.2, 0) is 11.0 Å². The van der Waals surface area contributed by atoms with Gasteiger partial charge >= 0.3 is 7.75 Å². The van der Waals surface area contributed by atoms with E-state index in [2.05, 4.69) is 4.76 Å². The molecule has 0 unspecified atom stereocenters. The summed E-state index contributed by atoms with van der Waals surface area (Å²) in [5.41, 5.74) is 1.34. The predicted molar refractivity (Wildman–Crippen MR) is 90.1 cm³/mol. The number of aryl methyl sites for hydroxylation is 1. The molecule has 0 saturated heterocycles. The molecule has 0 heterocycles. The Morgan fingerprint density at radius 3 is 2.46 bits per heavy atom. The Hall–Kier alpha value is -2.08. The zero-order valence-corrected chi connectivity index (χ0v) is 13.9. The smallest absolute Gasteiger partial charge is 0.448 e. The normalized spacial score (nSPS) is 17.2. The zero-order chi connectivity index (χ0) is 17.7. The number of aromatic hydroxyl groups is 1. The molecule has 8 heteroatoms. The summed E-state index contributed by atoms with van der Waals surface area (Å²) in [7, 11) is -4.64. The molecule has 24 heavy (non-hydrogen) atoms. The number of hydrogen-bond acceptors (Lipinski definition) is 4. The molecule has 0 aliphatic heterocycles. The molecule has 0 bridgehead atoms. The van der Waals surface area contributed by atoms with Crippen LogP contribution in [0.2, 0.25) is 0 Å². The van der Waals surface area contributed by atoms with E-state index in [0.29, 0.717) is 18.4 Å². The van der Waals surface area contributed by atoms with E-state index >= 15 is 0 Å². The number of phenolic OH excluding ortho intramolecular Hbond substituents is 1. The van der Waals surface area contributed by atoms with Gasteiger partial charge in [-0.2, -0.15) is 4.76 Å². The van der Waals surface area contributed by atoms with Gasteiger partial charge in [0.15, 0.2) is 0 Å². The van der Waals surface area contributed by atoms with Gasteiger partial charge in [0.2, 0.25) is 0 Å². The number of rotatable bonds is 6. The van der Waals surface area contributed by atoms with Crippen molar-refractivity contribution in [3.05, 3.63) is 53.0 Å². The van der Waals surface area contributed by atoms with Crippen LogP contribution in [0.5, 0.6) is 5.75 Å². The maximum atomic E-state index is 11.1. The first kappa shape index (κ1) is 18.3. The lowest BCUT2D eigenvalue weighted by molar-refractivity contribution is 0.373. The van der Waals surface area contributed by atoms with Gasteiger partial charge in [-0.3, -0.25) is 0 Å². The van der Waals surface area contributed by atoms with Crippen LogP contribution in [0.15, 0.2) is 52.2 Å². The van der Waals surface area contributed by atoms with Crippen molar-refractivity contribution in [1.29, 1.82) is 0 Å². The molecule has 1 aliphatic rings. The molecule has 5 N–H and O–H groups in total. The average Bonchev–Trinajstić information content (AvgIpc) is 2.43. The van der Waals surface area contributed by atoms with E-state index in [1.165, 1.54) is 6.08 Å². The number of benzene rings is 1. The highest BCUT2D eigenvalue weighted by atomic mass is 31.2. The second-order valence-corrected chi connectivity index (χ2v) is 6.84. The lowest BCUT2D eigenvalue weighted by Crippen LogP contribution is -2.12. The van der Waals surface area contributed by atoms with Gasteiger partial charge in [-0.15, -0.1) is 0 Å². The van der Waals surface area contributed by atoms with Crippen molar-refractivity contribution in [2.75, 3.05) is 0 Å². The second-order valence-electron chi connectivity index (χ2n) is 5.61. The second kappa shape index (κ2) is 7.66. The molecule has 1 aromatic rings. The van der Waals surface area contributed by atoms with E-state index in [4.69, 9.17) is 9.79 Å². The lowest BCUT2D eigenvalue weighted by Gasteiger charge is -2.17. The Kier molecular flexibility index (Phi) is 5.83. The largest absolute Gasteiger partial charge is 0.512 e. The molecular weight excluding hydrogens is 333 g/mol. The van der Waals surface area contributed by atoms with Crippen molar-refractivity contribution >= 4 is 13.5 Å². The quantitative estimate of drug-likeness (QED) is 0.394. The average molecular weight is 353 g/mol. The van der Waals surface area contributed by atoms with Crippen molar-refractivity contribution in [2.24, 2.45) is 4.76 Å². The van der Waals surface area contributed by atoms with Gasteiger partial charge in [-0.25, -0.2) is 4.57 Å². The molecule has 0 spiro atoms. The van der Waals surface area contributed by atoms with Crippen molar-refractivity contribution in [3.8, 4) is 5.75 Å². The minimum Gasteiger partial charge on any atom is -0.512 e. The van der Waals surface area contributed by atoms with Crippen LogP contribution >= 0.6 is 7.75 Å². The highest BCUT2D eigenvalue weighted by Gasteiger charge is 2.23. The van der Waals surface area contributed by atoms with Crippen molar-refractivity contribution in [1.82, 2.24) is 0 Å². The van der Waals surface area contributed by atoms with Gasteiger partial charge < -0.3 is 25.1 Å². The molecule has 0 radical (unpaired) electrons. The third-order valence-electron chi connectivity index (χ3n) is 3.61. The van der Waals surface area contributed by atoms with Gasteiger partial charge in [0.05, 0.1) is 5.71 Å². The van der Waals surface area contributed by atoms with Gasteiger partial charge in [0.25, 0.3) is 0 Å². The highest BCUT2D eigenvalue weighted by Crippen LogP contribution is 2.39. The topological polar surface area (TPSA) is 131 Å². The molecule has 0 fully saturated rings. The number of aliphatic hydroxyl groups excluding tert-OH is 2. The molecule has 130 valence electrons. The van der Waals surface area contributed by atoms with Crippen LogP contribution in [0, 0.1) is 0 Å². The molecule has 1 aliphatic carbocycles. The van der Waals surface area contributed by atoms with Gasteiger partial charge in [-0.1, -0.05) is 12.1 Å². The van der Waals surface area contributed by atoms with Crippen LogP contribution in [0.4, 0.5) is 0 Å². The molecule has 0 amide bonds. The van der Waals surface area contributed by atoms with E-state index < -0.39 is 7.75 Å². The molecule has 1 aromatic carbocycles. The van der Waals surface area contributed by atoms with E-state index in [9.17, 15) is 19.9 Å². The van der Waals surface area contributed by atoms with Crippen LogP contribution in [0.1, 0.15) is 31.2 Å². The predicted octanol–water partition coefficient (Wildman–Crippen LogP) is 3.30. The van der Waals surface area contributed by atoms with Gasteiger partial charge in [-0.05, 0) is 43.4 Å². The summed E-state index contributed by atoms with van der Waals surface area (Å²) in [6.45, 7) is 0. The standard InChI is InChI=1S/C16H20NO6P/c18-12-6-3-5-11(8-12)4-1-2-7-14-15(17-24(21,22)23)9-13(19)10-16(14)20/h3,5-6,8,10,18-20H,1-2,4,7,9H2,(H2,21,22,23). The van der Waals surface area contributed by atoms with Crippen LogP contribution in [-0.4, -0.2) is 30.8 Å². The van der Waals surface area contributed by atoms with Crippen molar-refractivity contribution in [2.45, 2.75) is 32.1 Å². The third-order valence-corrected chi connectivity index (χ3v) is 4.12. The number of allylic oxidation sites excluding steroid dienone is 3. The first-order chi connectivity index (χ1) is 11.2. The van der Waals surface area contributed by atoms with Crippen LogP contribution in [0.3, 0.4) is 0 Å². The highest BCUT2D eigenvalue weighted by molar-refractivity contribution is 7.50. The summed E-state index contributed by atoms with van der Waals surface area (Å²) in [4.78, 5) is 18.0. The van der Waals surface area contributed by atoms with E-state index in [-0.39, 0.29) is 29.4 Å². The Labute approximate surface area is 139 Å². The number of unbranched alkanes of at least 4 members (excludes halogenated alkanes) is 1. The fraction of sp³-hybridized carbons (Fsp3) is 0.312. The summed E-state index contributed by atoms with van der Waals surface area (Å²) in [6, 6.07) is 6.94. The number of nitrogens with zero attached hydrogens (tertiary/aromatic N) is 1. The first-order valence-electron chi connectivity index (χ1n) is 7.49. The van der Waals surface area contributed by atoms with Gasteiger partial charge in [0.1, 0.15) is 17.3 Å². The Bertz CT molecular complexity index is 747. The summed E-state index contributed by atoms with van der Waals surface area (Å²) in [5, 5.41) is 28.9. The number of aliphatic hydroxyl groups is 2. The summed E-state index contributed by atoms with van der Waals surface area (Å²) < 4.78 is 14.4. The Morgan fingerprint density at radius 1 is 1.08 bits per heavy atom. The number of hydrogen-bond donors (Lipinski definition) is 5. The molecule has 0 atom stereocenters. The minimum atomic E-state index is -4.64. The summed E-state index contributed by atoms with van der Waals surface area (Å²) in [5.74, 6) is -0.205. The minimum absolute atomic E-state index is 0.0122. The molecule has 0 aromatic heterocycles. The SMILES string of the molecule is O=P(O)(O)N=C1CC(O)=CC(O)=C1CCCCc1cccc(O)c1. The summed E-state index contributed by atoms with van der Waals surface area (Å²) >= 11 is 0. The molecule has 2 rings (SSSR count).